The lowest BCUT2D eigenvalue weighted by Gasteiger charge is -2.36. The summed E-state index contributed by atoms with van der Waals surface area (Å²) in [4.78, 5) is 17.3. The highest BCUT2D eigenvalue weighted by atomic mass is 79.9. The summed E-state index contributed by atoms with van der Waals surface area (Å²) >= 11 is 3.48. The Morgan fingerprint density at radius 2 is 2.31 bits per heavy atom. The number of hydroxylamine groups is 2. The summed E-state index contributed by atoms with van der Waals surface area (Å²) in [6.45, 7) is 0. The van der Waals surface area contributed by atoms with Crippen LogP contribution < -0.4 is 0 Å². The van der Waals surface area contributed by atoms with E-state index >= 15 is 0 Å². The third-order valence-electron chi connectivity index (χ3n) is 3.19. The molecule has 2 aliphatic rings. The zero-order valence-corrected chi connectivity index (χ0v) is 10.3. The Labute approximate surface area is 102 Å². The first kappa shape index (κ1) is 10.1. The van der Waals surface area contributed by atoms with Crippen molar-refractivity contribution in [3.8, 4) is 0 Å². The molecule has 0 saturated carbocycles. The van der Waals surface area contributed by atoms with Crippen LogP contribution in [0.4, 0.5) is 0 Å². The number of nitrogens with zero attached hydrogens (tertiary/aromatic N) is 2. The monoisotopic (exact) mass is 282 g/mol. The molecule has 1 amide bonds. The first-order valence-electron chi connectivity index (χ1n) is 5.15. The normalized spacial score (nSPS) is 27.1. The lowest BCUT2D eigenvalue weighted by molar-refractivity contribution is -0.126. The molecule has 0 bridgehead atoms. The number of fused-ring (bicyclic) bond motifs is 3. The van der Waals surface area contributed by atoms with Crippen LogP contribution in [-0.4, -0.2) is 28.7 Å². The number of aromatic nitrogens is 1. The average Bonchev–Trinajstić information content (AvgIpc) is 2.85. The van der Waals surface area contributed by atoms with Gasteiger partial charge in [-0.25, -0.2) is 5.06 Å². The Hall–Kier alpha value is -1.07. The van der Waals surface area contributed by atoms with Gasteiger partial charge in [0.05, 0.1) is 23.8 Å². The predicted molar refractivity (Wildman–Crippen MR) is 61.9 cm³/mol. The standard InChI is InChI=1S/C11H11BrN2O2/c1-16-14-8-4-2-3-7(8)13-9(11(14)15)5-6-10(13)12/h2,4-8H,3H2,1H3/t7-,8+/m0/s1. The second-order valence-corrected chi connectivity index (χ2v) is 4.76. The van der Waals surface area contributed by atoms with Crippen molar-refractivity contribution in [2.24, 2.45) is 0 Å². The van der Waals surface area contributed by atoms with Gasteiger partial charge in [0.15, 0.2) is 0 Å². The van der Waals surface area contributed by atoms with Gasteiger partial charge in [-0.1, -0.05) is 12.2 Å². The fourth-order valence-corrected chi connectivity index (χ4v) is 3.09. The molecule has 1 aromatic heterocycles. The highest BCUT2D eigenvalue weighted by Gasteiger charge is 2.41. The molecule has 16 heavy (non-hydrogen) atoms. The molecule has 0 unspecified atom stereocenters. The molecular formula is C11H11BrN2O2. The number of halogens is 1. The maximum atomic E-state index is 12.1. The Morgan fingerprint density at radius 3 is 3.06 bits per heavy atom. The molecule has 0 aromatic carbocycles. The van der Waals surface area contributed by atoms with Crippen LogP contribution in [0.3, 0.4) is 0 Å². The highest BCUT2D eigenvalue weighted by Crippen LogP contribution is 2.37. The molecule has 0 saturated heterocycles. The van der Waals surface area contributed by atoms with E-state index in [4.69, 9.17) is 4.84 Å². The Morgan fingerprint density at radius 1 is 1.50 bits per heavy atom. The molecule has 2 atom stereocenters. The summed E-state index contributed by atoms with van der Waals surface area (Å²) in [5.74, 6) is -0.0824. The summed E-state index contributed by atoms with van der Waals surface area (Å²) in [6, 6.07) is 3.99. The van der Waals surface area contributed by atoms with E-state index in [1.54, 1.807) is 0 Å². The van der Waals surface area contributed by atoms with E-state index < -0.39 is 0 Å². The molecule has 0 N–H and O–H groups in total. The fraction of sp³-hybridized carbons (Fsp3) is 0.364. The van der Waals surface area contributed by atoms with Gasteiger partial charge in [-0.05, 0) is 34.5 Å². The molecule has 5 heteroatoms. The molecule has 1 aromatic rings. The second-order valence-electron chi connectivity index (χ2n) is 3.95. The van der Waals surface area contributed by atoms with Crippen molar-refractivity contribution in [1.82, 2.24) is 9.63 Å². The van der Waals surface area contributed by atoms with E-state index in [1.807, 2.05) is 22.8 Å². The summed E-state index contributed by atoms with van der Waals surface area (Å²) in [6.07, 6.45) is 5.05. The van der Waals surface area contributed by atoms with Crippen molar-refractivity contribution >= 4 is 21.8 Å². The van der Waals surface area contributed by atoms with Gasteiger partial charge in [0, 0.05) is 0 Å². The summed E-state index contributed by atoms with van der Waals surface area (Å²) in [5.41, 5.74) is 0.679. The zero-order chi connectivity index (χ0) is 11.3. The molecular weight excluding hydrogens is 272 g/mol. The number of amides is 1. The van der Waals surface area contributed by atoms with Crippen molar-refractivity contribution in [2.75, 3.05) is 7.11 Å². The van der Waals surface area contributed by atoms with Crippen molar-refractivity contribution in [1.29, 1.82) is 0 Å². The summed E-state index contributed by atoms with van der Waals surface area (Å²) in [7, 11) is 1.54. The van der Waals surface area contributed by atoms with E-state index in [9.17, 15) is 4.79 Å². The van der Waals surface area contributed by atoms with Crippen molar-refractivity contribution in [3.05, 3.63) is 34.6 Å². The van der Waals surface area contributed by atoms with Gasteiger partial charge in [-0.15, -0.1) is 0 Å². The quantitative estimate of drug-likeness (QED) is 0.740. The van der Waals surface area contributed by atoms with Crippen LogP contribution in [0.1, 0.15) is 23.0 Å². The number of rotatable bonds is 1. The Balaban J connectivity index is 2.16. The van der Waals surface area contributed by atoms with Crippen LogP contribution in [-0.2, 0) is 4.84 Å². The van der Waals surface area contributed by atoms with E-state index in [0.29, 0.717) is 5.69 Å². The predicted octanol–water partition coefficient (Wildman–Crippen LogP) is 2.14. The number of allylic oxidation sites excluding steroid dienone is 1. The van der Waals surface area contributed by atoms with Gasteiger partial charge in [-0.3, -0.25) is 9.63 Å². The van der Waals surface area contributed by atoms with Crippen LogP contribution in [0.5, 0.6) is 0 Å². The first-order valence-corrected chi connectivity index (χ1v) is 5.94. The second kappa shape index (κ2) is 3.46. The highest BCUT2D eigenvalue weighted by molar-refractivity contribution is 9.10. The van der Waals surface area contributed by atoms with Crippen molar-refractivity contribution < 1.29 is 9.63 Å². The molecule has 84 valence electrons. The van der Waals surface area contributed by atoms with Crippen molar-refractivity contribution in [3.63, 3.8) is 0 Å². The smallest absolute Gasteiger partial charge is 0.294 e. The minimum atomic E-state index is -0.0824. The van der Waals surface area contributed by atoms with Gasteiger partial charge in [0.2, 0.25) is 0 Å². The van der Waals surface area contributed by atoms with Crippen molar-refractivity contribution in [2.45, 2.75) is 18.5 Å². The molecule has 0 spiro atoms. The van der Waals surface area contributed by atoms with Crippen LogP contribution >= 0.6 is 15.9 Å². The van der Waals surface area contributed by atoms with Gasteiger partial charge in [-0.2, -0.15) is 0 Å². The summed E-state index contributed by atoms with van der Waals surface area (Å²) < 4.78 is 2.99. The molecule has 1 aliphatic carbocycles. The topological polar surface area (TPSA) is 34.5 Å². The SMILES string of the molecule is CON1C(=O)c2ccc(Br)n2[C@H]2CC=C[C@H]21. The van der Waals surface area contributed by atoms with Crippen LogP contribution in [0.25, 0.3) is 0 Å². The molecule has 2 heterocycles. The van der Waals surface area contributed by atoms with E-state index in [2.05, 4.69) is 22.0 Å². The van der Waals surface area contributed by atoms with E-state index in [-0.39, 0.29) is 18.0 Å². The molecule has 3 rings (SSSR count). The minimum Gasteiger partial charge on any atom is -0.325 e. The molecule has 1 aliphatic heterocycles. The Bertz CT molecular complexity index is 480. The first-order chi connectivity index (χ1) is 7.74. The maximum absolute atomic E-state index is 12.1. The van der Waals surface area contributed by atoms with Crippen LogP contribution in [0.2, 0.25) is 0 Å². The molecule has 0 fully saturated rings. The maximum Gasteiger partial charge on any atom is 0.294 e. The third kappa shape index (κ3) is 1.15. The minimum absolute atomic E-state index is 0.00806. The van der Waals surface area contributed by atoms with Gasteiger partial charge in [0.1, 0.15) is 5.69 Å². The summed E-state index contributed by atoms with van der Waals surface area (Å²) in [5, 5.41) is 1.45. The van der Waals surface area contributed by atoms with E-state index in [0.717, 1.165) is 11.0 Å². The average molecular weight is 283 g/mol. The largest absolute Gasteiger partial charge is 0.325 e. The number of carbonyl (C=O) groups excluding carboxylic acids is 1. The lowest BCUT2D eigenvalue weighted by Crippen LogP contribution is -2.47. The third-order valence-corrected chi connectivity index (χ3v) is 3.84. The van der Waals surface area contributed by atoms with E-state index in [1.165, 1.54) is 12.2 Å². The molecule has 0 radical (unpaired) electrons. The molecule has 4 nitrogen and oxygen atoms in total. The van der Waals surface area contributed by atoms with Crippen LogP contribution in [0, 0.1) is 0 Å². The lowest BCUT2D eigenvalue weighted by atomic mass is 10.1. The number of carbonyl (C=O) groups is 1. The fourth-order valence-electron chi connectivity index (χ4n) is 2.51. The zero-order valence-electron chi connectivity index (χ0n) is 8.76. The van der Waals surface area contributed by atoms with Gasteiger partial charge in [0.25, 0.3) is 5.91 Å². The van der Waals surface area contributed by atoms with Gasteiger partial charge < -0.3 is 4.57 Å². The number of hydrogen-bond acceptors (Lipinski definition) is 2. The van der Waals surface area contributed by atoms with Gasteiger partial charge >= 0.3 is 0 Å². The Kier molecular flexibility index (Phi) is 2.19. The number of hydrogen-bond donors (Lipinski definition) is 0. The van der Waals surface area contributed by atoms with Crippen LogP contribution in [0.15, 0.2) is 28.9 Å².